The van der Waals surface area contributed by atoms with Gasteiger partial charge in [0.15, 0.2) is 18.1 Å². The van der Waals surface area contributed by atoms with Crippen LogP contribution in [0.15, 0.2) is 42.6 Å². The molecular formula is C28H33N3O3. The lowest BCUT2D eigenvalue weighted by molar-refractivity contribution is -0.134. The highest BCUT2D eigenvalue weighted by atomic mass is 16.5. The van der Waals surface area contributed by atoms with Crippen molar-refractivity contribution in [1.82, 2.24) is 9.88 Å². The van der Waals surface area contributed by atoms with E-state index in [1.54, 1.807) is 24.4 Å². The normalized spacial score (nSPS) is 23.3. The summed E-state index contributed by atoms with van der Waals surface area (Å²) in [5.74, 6) is 1.10. The third kappa shape index (κ3) is 5.25. The summed E-state index contributed by atoms with van der Waals surface area (Å²) in [7, 11) is 0. The van der Waals surface area contributed by atoms with Crippen molar-refractivity contribution in [3.63, 3.8) is 0 Å². The SMILES string of the molecule is CCOc1cc(/C=C(/C#N)c2ccccn2)ccc1OCC(=O)N1C[C@]2(C)C[C@@H]1CC(C)(C)C2. The lowest BCUT2D eigenvalue weighted by atomic mass is 9.65. The first-order valence-corrected chi connectivity index (χ1v) is 11.9. The first-order valence-electron chi connectivity index (χ1n) is 11.9. The van der Waals surface area contributed by atoms with E-state index < -0.39 is 0 Å². The number of aromatic nitrogens is 1. The Bertz CT molecular complexity index is 1120. The van der Waals surface area contributed by atoms with E-state index in [0.717, 1.165) is 31.4 Å². The molecule has 2 atom stereocenters. The first-order chi connectivity index (χ1) is 16.2. The van der Waals surface area contributed by atoms with Crippen LogP contribution in [0, 0.1) is 22.2 Å². The Morgan fingerprint density at radius 3 is 2.74 bits per heavy atom. The van der Waals surface area contributed by atoms with Crippen LogP contribution < -0.4 is 9.47 Å². The molecule has 1 amide bonds. The predicted octanol–water partition coefficient (Wildman–Crippen LogP) is 5.35. The molecule has 0 radical (unpaired) electrons. The zero-order valence-corrected chi connectivity index (χ0v) is 20.5. The summed E-state index contributed by atoms with van der Waals surface area (Å²) in [5.41, 5.74) is 2.33. The predicted molar refractivity (Wildman–Crippen MR) is 132 cm³/mol. The lowest BCUT2D eigenvalue weighted by Crippen LogP contribution is -2.40. The molecule has 1 saturated carbocycles. The number of rotatable bonds is 7. The Kier molecular flexibility index (Phi) is 6.65. The highest BCUT2D eigenvalue weighted by Gasteiger charge is 2.50. The number of carbonyl (C=O) groups excluding carboxylic acids is 1. The standard InChI is InChI=1S/C28H33N3O3/c1-5-33-25-13-20(12-21(16-29)23-8-6-7-11-30-23)9-10-24(25)34-17-26(32)31-19-28(4)15-22(31)14-27(2,3)18-28/h6-13,22H,5,14-15,17-19H2,1-4H3/b21-12-/t22-,28+/m0/s1. The van der Waals surface area contributed by atoms with Crippen LogP contribution in [0.3, 0.4) is 0 Å². The number of benzene rings is 1. The van der Waals surface area contributed by atoms with Crippen molar-refractivity contribution in [3.8, 4) is 17.6 Å². The van der Waals surface area contributed by atoms with E-state index in [1.165, 1.54) is 0 Å². The summed E-state index contributed by atoms with van der Waals surface area (Å²) >= 11 is 0. The van der Waals surface area contributed by atoms with Gasteiger partial charge in [-0.05, 0) is 72.9 Å². The van der Waals surface area contributed by atoms with E-state index >= 15 is 0 Å². The van der Waals surface area contributed by atoms with E-state index in [1.807, 2.05) is 36.1 Å². The number of amides is 1. The Morgan fingerprint density at radius 2 is 2.03 bits per heavy atom. The van der Waals surface area contributed by atoms with Gasteiger partial charge in [-0.25, -0.2) is 0 Å². The van der Waals surface area contributed by atoms with Crippen LogP contribution in [0.4, 0.5) is 0 Å². The van der Waals surface area contributed by atoms with Crippen molar-refractivity contribution in [2.45, 2.75) is 53.0 Å². The average Bonchev–Trinajstić information content (AvgIpc) is 3.06. The van der Waals surface area contributed by atoms with Crippen LogP contribution in [0.2, 0.25) is 0 Å². The molecule has 2 heterocycles. The fourth-order valence-corrected chi connectivity index (χ4v) is 5.83. The zero-order chi connectivity index (χ0) is 24.3. The molecule has 2 fully saturated rings. The molecule has 0 N–H and O–H groups in total. The van der Waals surface area contributed by atoms with E-state index in [4.69, 9.17) is 9.47 Å². The van der Waals surface area contributed by atoms with Crippen LogP contribution >= 0.6 is 0 Å². The van der Waals surface area contributed by atoms with Crippen LogP contribution in [0.5, 0.6) is 11.5 Å². The fourth-order valence-electron chi connectivity index (χ4n) is 5.83. The molecule has 1 aliphatic carbocycles. The molecule has 1 aromatic heterocycles. The Morgan fingerprint density at radius 1 is 1.21 bits per heavy atom. The minimum absolute atomic E-state index is 0.0142. The van der Waals surface area contributed by atoms with Gasteiger partial charge in [-0.3, -0.25) is 9.78 Å². The molecule has 0 spiro atoms. The smallest absolute Gasteiger partial charge is 0.260 e. The summed E-state index contributed by atoms with van der Waals surface area (Å²) < 4.78 is 11.7. The molecule has 1 saturated heterocycles. The van der Waals surface area contributed by atoms with Gasteiger partial charge in [0.2, 0.25) is 0 Å². The average molecular weight is 460 g/mol. The summed E-state index contributed by atoms with van der Waals surface area (Å²) in [6.07, 6.45) is 6.69. The van der Waals surface area contributed by atoms with Gasteiger partial charge >= 0.3 is 0 Å². The monoisotopic (exact) mass is 459 g/mol. The molecule has 1 aliphatic heterocycles. The first kappa shape index (κ1) is 23.8. The van der Waals surface area contributed by atoms with Gasteiger partial charge in [0, 0.05) is 18.8 Å². The second-order valence-corrected chi connectivity index (χ2v) is 10.5. The molecule has 178 valence electrons. The highest BCUT2D eigenvalue weighted by molar-refractivity contribution is 5.88. The topological polar surface area (TPSA) is 75.5 Å². The van der Waals surface area contributed by atoms with Crippen molar-refractivity contribution in [1.29, 1.82) is 5.26 Å². The lowest BCUT2D eigenvalue weighted by Gasteiger charge is -2.39. The number of hydrogen-bond donors (Lipinski definition) is 0. The van der Waals surface area contributed by atoms with Crippen molar-refractivity contribution in [3.05, 3.63) is 53.9 Å². The van der Waals surface area contributed by atoms with E-state index in [9.17, 15) is 10.1 Å². The largest absolute Gasteiger partial charge is 0.490 e. The summed E-state index contributed by atoms with van der Waals surface area (Å²) in [4.78, 5) is 19.4. The van der Waals surface area contributed by atoms with E-state index in [2.05, 4.69) is 31.8 Å². The van der Waals surface area contributed by atoms with Crippen molar-refractivity contribution >= 4 is 17.6 Å². The minimum Gasteiger partial charge on any atom is -0.490 e. The van der Waals surface area contributed by atoms with Gasteiger partial charge < -0.3 is 14.4 Å². The van der Waals surface area contributed by atoms with E-state index in [0.29, 0.717) is 35.4 Å². The number of nitrogens with zero attached hydrogens (tertiary/aromatic N) is 3. The van der Waals surface area contributed by atoms with Crippen LogP contribution in [0.1, 0.15) is 58.2 Å². The summed E-state index contributed by atoms with van der Waals surface area (Å²) in [6.45, 7) is 10.1. The fraction of sp³-hybridized carbons (Fsp3) is 0.464. The third-order valence-electron chi connectivity index (χ3n) is 6.73. The van der Waals surface area contributed by atoms with E-state index in [-0.39, 0.29) is 23.3 Å². The van der Waals surface area contributed by atoms with Crippen LogP contribution in [-0.2, 0) is 4.79 Å². The Hall–Kier alpha value is -3.33. The Balaban J connectivity index is 1.48. The summed E-state index contributed by atoms with van der Waals surface area (Å²) in [6, 6.07) is 13.4. The quantitative estimate of drug-likeness (QED) is 0.522. The maximum Gasteiger partial charge on any atom is 0.260 e. The number of likely N-dealkylation sites (tertiary alicyclic amines) is 1. The molecular weight excluding hydrogens is 426 g/mol. The Labute approximate surface area is 202 Å². The number of hydrogen-bond acceptors (Lipinski definition) is 5. The zero-order valence-electron chi connectivity index (χ0n) is 20.5. The number of carbonyl (C=O) groups is 1. The minimum atomic E-state index is -0.0142. The van der Waals surface area contributed by atoms with Crippen LogP contribution in [-0.4, -0.2) is 41.6 Å². The van der Waals surface area contributed by atoms with Gasteiger partial charge in [-0.2, -0.15) is 5.26 Å². The molecule has 0 unspecified atom stereocenters. The number of allylic oxidation sites excluding steroid dienone is 1. The summed E-state index contributed by atoms with van der Waals surface area (Å²) in [5, 5.41) is 9.58. The second kappa shape index (κ2) is 9.50. The third-order valence-corrected chi connectivity index (χ3v) is 6.73. The van der Waals surface area contributed by atoms with Crippen molar-refractivity contribution < 1.29 is 14.3 Å². The molecule has 6 nitrogen and oxygen atoms in total. The highest BCUT2D eigenvalue weighted by Crippen LogP contribution is 2.52. The molecule has 1 aromatic carbocycles. The number of pyridine rings is 1. The number of ether oxygens (including phenoxy) is 2. The van der Waals surface area contributed by atoms with Gasteiger partial charge in [0.1, 0.15) is 6.07 Å². The molecule has 2 aromatic rings. The van der Waals surface area contributed by atoms with Gasteiger partial charge in [0.25, 0.3) is 5.91 Å². The van der Waals surface area contributed by atoms with Gasteiger partial charge in [-0.15, -0.1) is 0 Å². The van der Waals surface area contributed by atoms with Gasteiger partial charge in [0.05, 0.1) is 17.9 Å². The maximum atomic E-state index is 13.1. The number of nitriles is 1. The van der Waals surface area contributed by atoms with Gasteiger partial charge in [-0.1, -0.05) is 32.9 Å². The molecule has 4 rings (SSSR count). The van der Waals surface area contributed by atoms with Crippen molar-refractivity contribution in [2.24, 2.45) is 10.8 Å². The van der Waals surface area contributed by atoms with Crippen LogP contribution in [0.25, 0.3) is 11.6 Å². The molecule has 6 heteroatoms. The molecule has 2 aliphatic rings. The van der Waals surface area contributed by atoms with Crippen molar-refractivity contribution in [2.75, 3.05) is 19.8 Å². The maximum absolute atomic E-state index is 13.1. The molecule has 34 heavy (non-hydrogen) atoms. The number of fused-ring (bicyclic) bond motifs is 2. The second-order valence-electron chi connectivity index (χ2n) is 10.5. The molecule has 2 bridgehead atoms.